The Morgan fingerprint density at radius 1 is 1.17 bits per heavy atom. The first-order chi connectivity index (χ1) is 10.4. The van der Waals surface area contributed by atoms with Crippen molar-refractivity contribution in [3.05, 3.63) is 64.7 Å². The predicted octanol–water partition coefficient (Wildman–Crippen LogP) is 3.14. The number of nitrogens with two attached hydrogens (primary N) is 1. The Balaban J connectivity index is 0.00000264. The van der Waals surface area contributed by atoms with Gasteiger partial charge in [0.1, 0.15) is 0 Å². The zero-order chi connectivity index (χ0) is 16.3. The van der Waals surface area contributed by atoms with Crippen LogP contribution in [0.15, 0.2) is 42.5 Å². The first-order valence-electron chi connectivity index (χ1n) is 7.14. The Kier molecular flexibility index (Phi) is 7.42. The van der Waals surface area contributed by atoms with Crippen LogP contribution in [0.2, 0.25) is 0 Å². The molecule has 0 radical (unpaired) electrons. The van der Waals surface area contributed by atoms with E-state index in [9.17, 15) is 4.79 Å². The molecule has 0 aromatic heterocycles. The number of anilines is 1. The molecule has 23 heavy (non-hydrogen) atoms. The fourth-order valence-electron chi connectivity index (χ4n) is 2.30. The van der Waals surface area contributed by atoms with Gasteiger partial charge in [0, 0.05) is 11.3 Å². The monoisotopic (exact) mass is 337 g/mol. The number of para-hydroxylation sites is 1. The van der Waals surface area contributed by atoms with E-state index in [1.165, 1.54) is 5.56 Å². The molecule has 0 aliphatic carbocycles. The number of aliphatic carboxylic acids is 1. The summed E-state index contributed by atoms with van der Waals surface area (Å²) in [4.78, 5) is 11.5. The normalized spacial score (nSPS) is 10.2. The molecule has 0 bridgehead atoms. The fraction of sp³-hybridized carbons (Fsp3) is 0.222. The van der Waals surface area contributed by atoms with Gasteiger partial charge in [0.15, 0.2) is 0 Å². The van der Waals surface area contributed by atoms with Gasteiger partial charge in [-0.2, -0.15) is 0 Å². The van der Waals surface area contributed by atoms with Crippen molar-refractivity contribution in [2.45, 2.75) is 26.2 Å². The summed E-state index contributed by atoms with van der Waals surface area (Å²) in [6.45, 7) is 4.28. The van der Waals surface area contributed by atoms with Crippen LogP contribution in [0.1, 0.15) is 42.0 Å². The molecule has 0 aliphatic rings. The third kappa shape index (κ3) is 4.88. The third-order valence-corrected chi connectivity index (χ3v) is 4.08. The summed E-state index contributed by atoms with van der Waals surface area (Å²) in [7, 11) is 0. The number of benzene rings is 2. The fourth-order valence-corrected chi connectivity index (χ4v) is 2.62. The predicted molar refractivity (Wildman–Crippen MR) is 101 cm³/mol. The van der Waals surface area contributed by atoms with E-state index in [2.05, 4.69) is 26.0 Å². The summed E-state index contributed by atoms with van der Waals surface area (Å²) < 4.78 is 0. The van der Waals surface area contributed by atoms with Crippen molar-refractivity contribution < 1.29 is 9.90 Å². The molecular weight excluding hydrogens is 317 g/mol. The summed E-state index contributed by atoms with van der Waals surface area (Å²) in [6, 6.07) is 13.4. The van der Waals surface area contributed by atoms with Crippen molar-refractivity contribution in [1.82, 2.24) is 0 Å². The van der Waals surface area contributed by atoms with Crippen molar-refractivity contribution in [1.29, 1.82) is 0 Å². The van der Waals surface area contributed by atoms with E-state index in [1.807, 2.05) is 18.2 Å². The second kappa shape index (κ2) is 8.60. The molecule has 0 fully saturated rings. The molecule has 3 N–H and O–H groups in total. The quantitative estimate of drug-likeness (QED) is 0.381. The summed E-state index contributed by atoms with van der Waals surface area (Å²) >= 11 is 5.53. The van der Waals surface area contributed by atoms with Crippen LogP contribution in [0.5, 0.6) is 0 Å². The van der Waals surface area contributed by atoms with E-state index in [0.29, 0.717) is 27.6 Å². The van der Waals surface area contributed by atoms with Gasteiger partial charge >= 0.3 is 35.5 Å². The second-order valence-corrected chi connectivity index (χ2v) is 5.96. The van der Waals surface area contributed by atoms with Gasteiger partial charge < -0.3 is 10.8 Å². The average molecular weight is 337 g/mol. The van der Waals surface area contributed by atoms with Crippen LogP contribution in [-0.4, -0.2) is 45.5 Å². The van der Waals surface area contributed by atoms with Crippen LogP contribution in [0, 0.1) is 0 Å². The van der Waals surface area contributed by atoms with Crippen LogP contribution >= 0.6 is 12.2 Å². The van der Waals surface area contributed by atoms with Crippen molar-refractivity contribution in [3.63, 3.8) is 0 Å². The molecule has 0 heterocycles. The molecule has 0 saturated carbocycles. The van der Waals surface area contributed by atoms with Crippen LogP contribution in [0.4, 0.5) is 5.69 Å². The molecule has 2 rings (SSSR count). The van der Waals surface area contributed by atoms with E-state index in [0.717, 1.165) is 5.56 Å². The van der Waals surface area contributed by atoms with E-state index in [4.69, 9.17) is 23.1 Å². The number of hydrogen-bond acceptors (Lipinski definition) is 3. The first kappa shape index (κ1) is 19.8. The van der Waals surface area contributed by atoms with E-state index in [-0.39, 0.29) is 36.0 Å². The minimum absolute atomic E-state index is 0. The molecular formula is C18H20NNaO2S. The molecule has 0 atom stereocenters. The first-order valence-corrected chi connectivity index (χ1v) is 7.54. The van der Waals surface area contributed by atoms with Crippen molar-refractivity contribution in [2.24, 2.45) is 0 Å². The third-order valence-electron chi connectivity index (χ3n) is 3.62. The van der Waals surface area contributed by atoms with Gasteiger partial charge in [-0.15, -0.1) is 0 Å². The zero-order valence-corrected chi connectivity index (χ0v) is 13.5. The molecule has 3 nitrogen and oxygen atoms in total. The van der Waals surface area contributed by atoms with Gasteiger partial charge in [0.25, 0.3) is 0 Å². The van der Waals surface area contributed by atoms with Crippen LogP contribution in [0.25, 0.3) is 0 Å². The van der Waals surface area contributed by atoms with Crippen LogP contribution < -0.4 is 5.73 Å². The average Bonchev–Trinajstić information content (AvgIpc) is 2.48. The topological polar surface area (TPSA) is 63.3 Å². The van der Waals surface area contributed by atoms with Gasteiger partial charge in [-0.25, -0.2) is 0 Å². The van der Waals surface area contributed by atoms with Crippen molar-refractivity contribution in [2.75, 3.05) is 5.73 Å². The van der Waals surface area contributed by atoms with E-state index >= 15 is 0 Å². The molecule has 116 valence electrons. The van der Waals surface area contributed by atoms with Crippen molar-refractivity contribution >= 4 is 58.3 Å². The molecule has 0 amide bonds. The van der Waals surface area contributed by atoms with Gasteiger partial charge in [-0.05, 0) is 22.6 Å². The Morgan fingerprint density at radius 3 is 2.30 bits per heavy atom. The Hall–Kier alpha value is -1.20. The Morgan fingerprint density at radius 2 is 1.78 bits per heavy atom. The molecule has 5 heteroatoms. The molecule has 2 aromatic carbocycles. The summed E-state index contributed by atoms with van der Waals surface area (Å²) in [5, 5.41) is 8.93. The Bertz CT molecular complexity index is 711. The van der Waals surface area contributed by atoms with Gasteiger partial charge in [0.05, 0.1) is 11.3 Å². The van der Waals surface area contributed by atoms with E-state index in [1.54, 1.807) is 12.1 Å². The molecule has 0 saturated heterocycles. The van der Waals surface area contributed by atoms with Crippen LogP contribution in [-0.2, 0) is 11.2 Å². The second-order valence-electron chi connectivity index (χ2n) is 5.55. The summed E-state index contributed by atoms with van der Waals surface area (Å²) in [5.41, 5.74) is 10.0. The van der Waals surface area contributed by atoms with Crippen molar-refractivity contribution in [3.8, 4) is 0 Å². The number of carboxylic acid groups (broad SMARTS) is 1. The number of carboxylic acids is 1. The number of rotatable bonds is 5. The van der Waals surface area contributed by atoms with Gasteiger partial charge in [0.2, 0.25) is 0 Å². The molecule has 0 spiro atoms. The maximum atomic E-state index is 10.9. The van der Waals surface area contributed by atoms with Crippen LogP contribution in [0.3, 0.4) is 0 Å². The maximum absolute atomic E-state index is 10.9. The molecule has 0 unspecified atom stereocenters. The van der Waals surface area contributed by atoms with Gasteiger partial charge in [-0.3, -0.25) is 4.79 Å². The number of nitrogen functional groups attached to an aromatic ring is 1. The van der Waals surface area contributed by atoms with E-state index < -0.39 is 5.97 Å². The standard InChI is InChI=1S/C18H19NO2S.Na.H/c1-11(2)12-6-8-13(9-7-12)18(22)15-5-3-4-14(17(15)19)10-16(20)21;;/h3-9,11H,10,19H2,1-2H3,(H,20,21);;. The zero-order valence-electron chi connectivity index (χ0n) is 12.7. The minimum atomic E-state index is -0.906. The molecule has 0 aliphatic heterocycles. The summed E-state index contributed by atoms with van der Waals surface area (Å²) in [6.07, 6.45) is -0.103. The Labute approximate surface area is 164 Å². The SMILES string of the molecule is CC(C)c1ccc(C(=S)c2cccc(CC(=O)O)c2N)cc1.[NaH]. The van der Waals surface area contributed by atoms with Gasteiger partial charge in [-0.1, -0.05) is 68.5 Å². The molecule has 2 aromatic rings. The number of thiocarbonyl (C=S) groups is 1. The summed E-state index contributed by atoms with van der Waals surface area (Å²) in [5.74, 6) is -0.442. The number of hydrogen-bond donors (Lipinski definition) is 2. The number of carbonyl (C=O) groups is 1.